The zero-order chi connectivity index (χ0) is 16.8. The Hall–Kier alpha value is -1.93. The van der Waals surface area contributed by atoms with E-state index in [0.717, 1.165) is 16.8 Å². The predicted molar refractivity (Wildman–Crippen MR) is 81.4 cm³/mol. The Balaban J connectivity index is 2.25. The number of hydrogen-bond acceptors (Lipinski definition) is 3. The summed E-state index contributed by atoms with van der Waals surface area (Å²) >= 11 is 8.98. The first-order valence-electron chi connectivity index (χ1n) is 6.20. The Kier molecular flexibility index (Phi) is 3.89. The van der Waals surface area contributed by atoms with Crippen molar-refractivity contribution in [3.8, 4) is 0 Å². The highest BCUT2D eigenvalue weighted by Gasteiger charge is 2.37. The Labute approximate surface area is 141 Å². The van der Waals surface area contributed by atoms with Crippen LogP contribution in [0.5, 0.6) is 0 Å². The second-order valence-electron chi connectivity index (χ2n) is 4.54. The van der Waals surface area contributed by atoms with Crippen molar-refractivity contribution in [1.29, 1.82) is 0 Å². The van der Waals surface area contributed by atoms with Gasteiger partial charge >= 0.3 is 6.18 Å². The highest BCUT2D eigenvalue weighted by molar-refractivity contribution is 9.10. The number of fused-ring (bicyclic) bond motifs is 1. The Morgan fingerprint density at radius 3 is 2.65 bits per heavy atom. The van der Waals surface area contributed by atoms with E-state index in [0.29, 0.717) is 5.52 Å². The highest BCUT2D eigenvalue weighted by atomic mass is 79.9. The molecule has 0 bridgehead atoms. The number of alkyl halides is 3. The number of hydrogen-bond donors (Lipinski definition) is 0. The lowest BCUT2D eigenvalue weighted by molar-refractivity contribution is -0.137. The van der Waals surface area contributed by atoms with E-state index in [2.05, 4.69) is 26.0 Å². The van der Waals surface area contributed by atoms with Gasteiger partial charge in [-0.3, -0.25) is 9.78 Å². The fraction of sp³-hybridized carbons (Fsp3) is 0.0714. The van der Waals surface area contributed by atoms with Crippen molar-refractivity contribution in [2.45, 2.75) is 6.18 Å². The van der Waals surface area contributed by atoms with Gasteiger partial charge in [-0.1, -0.05) is 17.7 Å². The van der Waals surface area contributed by atoms with E-state index in [4.69, 9.17) is 11.6 Å². The second-order valence-corrected chi connectivity index (χ2v) is 5.70. The summed E-state index contributed by atoms with van der Waals surface area (Å²) < 4.78 is 40.6. The van der Waals surface area contributed by atoms with Crippen molar-refractivity contribution in [1.82, 2.24) is 14.8 Å². The summed E-state index contributed by atoms with van der Waals surface area (Å²) in [6, 6.07) is 6.25. The fourth-order valence-corrected chi connectivity index (χ4v) is 2.87. The summed E-state index contributed by atoms with van der Waals surface area (Å²) in [5.41, 5.74) is -1.13. The largest absolute Gasteiger partial charge is 0.417 e. The van der Waals surface area contributed by atoms with Crippen molar-refractivity contribution in [2.75, 3.05) is 0 Å². The molecule has 2 heterocycles. The SMILES string of the molecule is O=C(c1c(Cl)cccc1C(F)(F)F)n1nc(Br)c2ncccc21. The van der Waals surface area contributed by atoms with Crippen molar-refractivity contribution in [3.63, 3.8) is 0 Å². The number of pyridine rings is 1. The van der Waals surface area contributed by atoms with Crippen LogP contribution in [0.4, 0.5) is 13.2 Å². The molecule has 3 aromatic rings. The first-order valence-corrected chi connectivity index (χ1v) is 7.37. The maximum Gasteiger partial charge on any atom is 0.417 e. The molecule has 118 valence electrons. The third-order valence-corrected chi connectivity index (χ3v) is 3.97. The van der Waals surface area contributed by atoms with E-state index in [9.17, 15) is 18.0 Å². The normalized spacial score (nSPS) is 11.9. The predicted octanol–water partition coefficient (Wildman–Crippen LogP) is 4.55. The van der Waals surface area contributed by atoms with E-state index >= 15 is 0 Å². The number of benzene rings is 1. The van der Waals surface area contributed by atoms with Crippen molar-refractivity contribution in [2.24, 2.45) is 0 Å². The molecule has 0 N–H and O–H groups in total. The molecule has 0 saturated carbocycles. The summed E-state index contributed by atoms with van der Waals surface area (Å²) in [5.74, 6) is -0.980. The Morgan fingerprint density at radius 1 is 1.22 bits per heavy atom. The second kappa shape index (κ2) is 5.61. The minimum Gasteiger partial charge on any atom is -0.267 e. The summed E-state index contributed by atoms with van der Waals surface area (Å²) in [6.45, 7) is 0. The van der Waals surface area contributed by atoms with Gasteiger partial charge in [-0.25, -0.2) is 0 Å². The zero-order valence-electron chi connectivity index (χ0n) is 11.1. The van der Waals surface area contributed by atoms with Crippen LogP contribution in [0, 0.1) is 0 Å². The molecular weight excluding hydrogens is 399 g/mol. The van der Waals surface area contributed by atoms with Crippen LogP contribution < -0.4 is 0 Å². The molecule has 0 amide bonds. The fourth-order valence-electron chi connectivity index (χ4n) is 2.15. The van der Waals surface area contributed by atoms with E-state index in [-0.39, 0.29) is 15.1 Å². The first-order chi connectivity index (χ1) is 10.8. The van der Waals surface area contributed by atoms with Crippen molar-refractivity contribution >= 4 is 44.5 Å². The lowest BCUT2D eigenvalue weighted by Crippen LogP contribution is -2.20. The molecule has 0 aliphatic carbocycles. The van der Waals surface area contributed by atoms with E-state index < -0.39 is 23.2 Å². The third kappa shape index (κ3) is 2.72. The molecule has 0 fully saturated rings. The molecule has 0 radical (unpaired) electrons. The quantitative estimate of drug-likeness (QED) is 0.598. The van der Waals surface area contributed by atoms with Gasteiger partial charge in [-0.05, 0) is 40.2 Å². The highest BCUT2D eigenvalue weighted by Crippen LogP contribution is 2.36. The lowest BCUT2D eigenvalue weighted by atomic mass is 10.1. The average molecular weight is 405 g/mol. The molecule has 4 nitrogen and oxygen atoms in total. The van der Waals surface area contributed by atoms with Gasteiger partial charge in [0.1, 0.15) is 5.52 Å². The van der Waals surface area contributed by atoms with Gasteiger partial charge in [-0.2, -0.15) is 23.0 Å². The molecule has 0 spiro atoms. The maximum absolute atomic E-state index is 13.2. The van der Waals surface area contributed by atoms with Gasteiger partial charge in [0.2, 0.25) is 0 Å². The molecule has 23 heavy (non-hydrogen) atoms. The number of halogens is 5. The number of aromatic nitrogens is 3. The van der Waals surface area contributed by atoms with E-state index in [1.165, 1.54) is 18.3 Å². The molecule has 9 heteroatoms. The lowest BCUT2D eigenvalue weighted by Gasteiger charge is -2.13. The Bertz CT molecular complexity index is 923. The molecule has 3 rings (SSSR count). The molecule has 0 saturated heterocycles. The molecule has 1 aromatic carbocycles. The smallest absolute Gasteiger partial charge is 0.267 e. The van der Waals surface area contributed by atoms with E-state index in [1.54, 1.807) is 6.07 Å². The standard InChI is InChI=1S/C14H6BrClF3N3O/c15-12-11-9(5-2-6-20-11)22(21-12)13(23)10-7(14(17,18)19)3-1-4-8(10)16/h1-6H. The number of rotatable bonds is 1. The van der Waals surface area contributed by atoms with Crippen LogP contribution >= 0.6 is 27.5 Å². The molecule has 0 atom stereocenters. The van der Waals surface area contributed by atoms with Crippen LogP contribution in [-0.2, 0) is 6.18 Å². The van der Waals surface area contributed by atoms with Crippen LogP contribution in [0.1, 0.15) is 15.9 Å². The van der Waals surface area contributed by atoms with Gasteiger partial charge in [-0.15, -0.1) is 0 Å². The van der Waals surface area contributed by atoms with Crippen LogP contribution in [0.15, 0.2) is 41.1 Å². The summed E-state index contributed by atoms with van der Waals surface area (Å²) in [4.78, 5) is 16.7. The van der Waals surface area contributed by atoms with Crippen molar-refractivity contribution < 1.29 is 18.0 Å². The van der Waals surface area contributed by atoms with E-state index in [1.807, 2.05) is 0 Å². The molecule has 0 unspecified atom stereocenters. The number of nitrogens with zero attached hydrogens (tertiary/aromatic N) is 3. The minimum absolute atomic E-state index is 0.252. The molecule has 0 aliphatic heterocycles. The summed E-state index contributed by atoms with van der Waals surface area (Å²) in [6.07, 6.45) is -3.23. The van der Waals surface area contributed by atoms with Gasteiger partial charge in [0.05, 0.1) is 21.7 Å². The monoisotopic (exact) mass is 403 g/mol. The van der Waals surface area contributed by atoms with Gasteiger partial charge < -0.3 is 0 Å². The third-order valence-electron chi connectivity index (χ3n) is 3.12. The zero-order valence-corrected chi connectivity index (χ0v) is 13.4. The summed E-state index contributed by atoms with van der Waals surface area (Å²) in [7, 11) is 0. The number of carbonyl (C=O) groups is 1. The van der Waals surface area contributed by atoms with Crippen LogP contribution in [-0.4, -0.2) is 20.7 Å². The summed E-state index contributed by atoms with van der Waals surface area (Å²) in [5, 5.41) is 3.63. The molecular formula is C14H6BrClF3N3O. The molecule has 0 aliphatic rings. The maximum atomic E-state index is 13.2. The molecule has 2 aromatic heterocycles. The van der Waals surface area contributed by atoms with Crippen LogP contribution in [0.25, 0.3) is 11.0 Å². The van der Waals surface area contributed by atoms with Crippen LogP contribution in [0.2, 0.25) is 5.02 Å². The van der Waals surface area contributed by atoms with Gasteiger partial charge in [0, 0.05) is 6.20 Å². The van der Waals surface area contributed by atoms with Crippen LogP contribution in [0.3, 0.4) is 0 Å². The number of carbonyl (C=O) groups excluding carboxylic acids is 1. The first kappa shape index (κ1) is 15.9. The topological polar surface area (TPSA) is 47.8 Å². The van der Waals surface area contributed by atoms with Gasteiger partial charge in [0.25, 0.3) is 5.91 Å². The minimum atomic E-state index is -4.71. The average Bonchev–Trinajstić information content (AvgIpc) is 2.83. The van der Waals surface area contributed by atoms with Crippen molar-refractivity contribution in [3.05, 3.63) is 57.3 Å². The Morgan fingerprint density at radius 2 is 1.96 bits per heavy atom. The van der Waals surface area contributed by atoms with Gasteiger partial charge in [0.15, 0.2) is 4.60 Å².